The van der Waals surface area contributed by atoms with Crippen LogP contribution in [0, 0.1) is 5.41 Å². The molecule has 1 aromatic heterocycles. The number of carbonyl (C=O) groups excluding carboxylic acids is 1. The van der Waals surface area contributed by atoms with E-state index in [1.54, 1.807) is 31.4 Å². The smallest absolute Gasteiger partial charge is 0.251 e. The summed E-state index contributed by atoms with van der Waals surface area (Å²) in [4.78, 5) is 17.2. The van der Waals surface area contributed by atoms with Gasteiger partial charge in [-0.25, -0.2) is 0 Å². The average Bonchev–Trinajstić information content (AvgIpc) is 3.15. The van der Waals surface area contributed by atoms with Gasteiger partial charge in [-0.15, -0.1) is 0 Å². The summed E-state index contributed by atoms with van der Waals surface area (Å²) in [5.74, 6) is 1.36. The van der Waals surface area contributed by atoms with Crippen LogP contribution >= 0.6 is 0 Å². The lowest BCUT2D eigenvalue weighted by atomic mass is 9.86. The molecule has 0 aliphatic rings. The fourth-order valence-corrected chi connectivity index (χ4v) is 2.66. The lowest BCUT2D eigenvalue weighted by molar-refractivity contribution is 0.0881. The first-order chi connectivity index (χ1) is 12.9. The molecule has 1 atom stereocenters. The number of rotatable bonds is 5. The number of amides is 1. The molecule has 0 aliphatic carbocycles. The first kappa shape index (κ1) is 18.6. The molecule has 6 nitrogen and oxygen atoms in total. The van der Waals surface area contributed by atoms with Crippen LogP contribution in [0.3, 0.4) is 0 Å². The molecule has 2 aromatic carbocycles. The van der Waals surface area contributed by atoms with Crippen molar-refractivity contribution in [2.75, 3.05) is 7.11 Å². The number of carbonyl (C=O) groups is 1. The molecule has 0 fully saturated rings. The summed E-state index contributed by atoms with van der Waals surface area (Å²) in [6, 6.07) is 16.1. The third-order valence-corrected chi connectivity index (χ3v) is 4.21. The minimum Gasteiger partial charge on any atom is -0.497 e. The van der Waals surface area contributed by atoms with E-state index in [-0.39, 0.29) is 11.3 Å². The van der Waals surface area contributed by atoms with Crippen molar-refractivity contribution in [2.45, 2.75) is 26.8 Å². The van der Waals surface area contributed by atoms with Crippen LogP contribution in [0.15, 0.2) is 59.1 Å². The van der Waals surface area contributed by atoms with Crippen molar-refractivity contribution in [3.05, 3.63) is 66.1 Å². The largest absolute Gasteiger partial charge is 0.497 e. The number of aromatic nitrogens is 2. The first-order valence-corrected chi connectivity index (χ1v) is 8.72. The summed E-state index contributed by atoms with van der Waals surface area (Å²) in [6.07, 6.45) is 0. The Bertz CT molecular complexity index is 896. The molecule has 0 aliphatic heterocycles. The molecule has 140 valence electrons. The maximum absolute atomic E-state index is 12.7. The minimum absolute atomic E-state index is 0.211. The molecule has 3 aromatic rings. The molecule has 0 saturated carbocycles. The summed E-state index contributed by atoms with van der Waals surface area (Å²) in [5, 5.41) is 7.09. The molecule has 27 heavy (non-hydrogen) atoms. The molecule has 1 amide bonds. The monoisotopic (exact) mass is 365 g/mol. The Morgan fingerprint density at radius 2 is 1.74 bits per heavy atom. The predicted octanol–water partition coefficient (Wildman–Crippen LogP) is 4.26. The molecule has 0 unspecified atom stereocenters. The van der Waals surface area contributed by atoms with Gasteiger partial charge >= 0.3 is 0 Å². The van der Waals surface area contributed by atoms with Gasteiger partial charge < -0.3 is 14.6 Å². The molecule has 1 N–H and O–H groups in total. The third-order valence-electron chi connectivity index (χ3n) is 4.21. The SMILES string of the molecule is COc1ccc(C(=O)N[C@H](c2nc(-c3ccccc3)no2)C(C)(C)C)cc1. The van der Waals surface area contributed by atoms with E-state index in [2.05, 4.69) is 15.5 Å². The maximum atomic E-state index is 12.7. The second-order valence-electron chi connectivity index (χ2n) is 7.32. The zero-order chi connectivity index (χ0) is 19.4. The lowest BCUT2D eigenvalue weighted by Crippen LogP contribution is -2.36. The van der Waals surface area contributed by atoms with Gasteiger partial charge in [-0.3, -0.25) is 4.79 Å². The molecule has 0 spiro atoms. The van der Waals surface area contributed by atoms with Crippen LogP contribution in [-0.4, -0.2) is 23.2 Å². The number of benzene rings is 2. The first-order valence-electron chi connectivity index (χ1n) is 8.72. The van der Waals surface area contributed by atoms with Crippen molar-refractivity contribution in [1.29, 1.82) is 0 Å². The molecule has 0 bridgehead atoms. The maximum Gasteiger partial charge on any atom is 0.251 e. The van der Waals surface area contributed by atoms with Crippen molar-refractivity contribution in [2.24, 2.45) is 5.41 Å². The van der Waals surface area contributed by atoms with E-state index in [0.717, 1.165) is 5.56 Å². The highest BCUT2D eigenvalue weighted by Crippen LogP contribution is 2.33. The van der Waals surface area contributed by atoms with E-state index in [4.69, 9.17) is 9.26 Å². The number of hydrogen-bond donors (Lipinski definition) is 1. The number of hydrogen-bond acceptors (Lipinski definition) is 5. The van der Waals surface area contributed by atoms with Gasteiger partial charge in [-0.1, -0.05) is 56.3 Å². The molecule has 3 rings (SSSR count). The highest BCUT2D eigenvalue weighted by Gasteiger charge is 2.33. The van der Waals surface area contributed by atoms with Gasteiger partial charge in [-0.2, -0.15) is 4.98 Å². The van der Waals surface area contributed by atoms with Crippen LogP contribution in [0.25, 0.3) is 11.4 Å². The summed E-state index contributed by atoms with van der Waals surface area (Å²) < 4.78 is 10.6. The number of nitrogens with zero attached hydrogens (tertiary/aromatic N) is 2. The molecular weight excluding hydrogens is 342 g/mol. The summed E-state index contributed by atoms with van der Waals surface area (Å²) in [6.45, 7) is 6.04. The van der Waals surface area contributed by atoms with E-state index in [1.807, 2.05) is 51.1 Å². The fourth-order valence-electron chi connectivity index (χ4n) is 2.66. The van der Waals surface area contributed by atoms with E-state index in [0.29, 0.717) is 23.0 Å². The lowest BCUT2D eigenvalue weighted by Gasteiger charge is -2.28. The Hall–Kier alpha value is -3.15. The highest BCUT2D eigenvalue weighted by molar-refractivity contribution is 5.94. The summed E-state index contributed by atoms with van der Waals surface area (Å²) in [5.41, 5.74) is 1.08. The van der Waals surface area contributed by atoms with Crippen molar-refractivity contribution >= 4 is 5.91 Å². The molecule has 0 radical (unpaired) electrons. The predicted molar refractivity (Wildman–Crippen MR) is 102 cm³/mol. The minimum atomic E-state index is -0.433. The van der Waals surface area contributed by atoms with Gasteiger partial charge in [0.2, 0.25) is 11.7 Å². The number of ether oxygens (including phenoxy) is 1. The second kappa shape index (κ2) is 7.61. The summed E-state index contributed by atoms with van der Waals surface area (Å²) in [7, 11) is 1.59. The van der Waals surface area contributed by atoms with E-state index in [1.165, 1.54) is 0 Å². The fraction of sp³-hybridized carbons (Fsp3) is 0.286. The van der Waals surface area contributed by atoms with E-state index in [9.17, 15) is 4.79 Å². The molecule has 0 saturated heterocycles. The Labute approximate surface area is 158 Å². The van der Waals surface area contributed by atoms with Gasteiger partial charge in [0.15, 0.2) is 0 Å². The van der Waals surface area contributed by atoms with Gasteiger partial charge in [0.25, 0.3) is 5.91 Å². The van der Waals surface area contributed by atoms with Crippen LogP contribution in [0.2, 0.25) is 0 Å². The van der Waals surface area contributed by atoms with Crippen LogP contribution in [0.1, 0.15) is 43.1 Å². The van der Waals surface area contributed by atoms with Crippen LogP contribution in [-0.2, 0) is 0 Å². The Kier molecular flexibility index (Phi) is 5.26. The molecular formula is C21H23N3O3. The zero-order valence-corrected chi connectivity index (χ0v) is 15.9. The standard InChI is InChI=1S/C21H23N3O3/c1-21(2,3)17(22-19(25)15-10-12-16(26-4)13-11-15)20-23-18(24-27-20)14-8-6-5-7-9-14/h5-13,17H,1-4H3,(H,22,25)/t17-/m1/s1. The van der Waals surface area contributed by atoms with Gasteiger partial charge in [0, 0.05) is 11.1 Å². The van der Waals surface area contributed by atoms with Gasteiger partial charge in [0.05, 0.1) is 7.11 Å². The third kappa shape index (κ3) is 4.34. The normalized spacial score (nSPS) is 12.4. The Morgan fingerprint density at radius 1 is 1.07 bits per heavy atom. The van der Waals surface area contributed by atoms with Gasteiger partial charge in [-0.05, 0) is 29.7 Å². The van der Waals surface area contributed by atoms with Gasteiger partial charge in [0.1, 0.15) is 11.8 Å². The highest BCUT2D eigenvalue weighted by atomic mass is 16.5. The quantitative estimate of drug-likeness (QED) is 0.731. The van der Waals surface area contributed by atoms with Crippen molar-refractivity contribution < 1.29 is 14.1 Å². The van der Waals surface area contributed by atoms with Crippen LogP contribution in [0.4, 0.5) is 0 Å². The topological polar surface area (TPSA) is 77.2 Å². The van der Waals surface area contributed by atoms with Crippen LogP contribution in [0.5, 0.6) is 5.75 Å². The average molecular weight is 365 g/mol. The van der Waals surface area contributed by atoms with Crippen LogP contribution < -0.4 is 10.1 Å². The van der Waals surface area contributed by atoms with E-state index < -0.39 is 6.04 Å². The molecule has 6 heteroatoms. The zero-order valence-electron chi connectivity index (χ0n) is 15.9. The summed E-state index contributed by atoms with van der Waals surface area (Å²) >= 11 is 0. The second-order valence-corrected chi connectivity index (χ2v) is 7.32. The number of nitrogens with one attached hydrogen (secondary N) is 1. The number of methoxy groups -OCH3 is 1. The van der Waals surface area contributed by atoms with E-state index >= 15 is 0 Å². The Morgan fingerprint density at radius 3 is 2.33 bits per heavy atom. The van der Waals surface area contributed by atoms with Crippen molar-refractivity contribution in [3.8, 4) is 17.1 Å². The van der Waals surface area contributed by atoms with Crippen molar-refractivity contribution in [3.63, 3.8) is 0 Å². The Balaban J connectivity index is 1.84. The van der Waals surface area contributed by atoms with Crippen molar-refractivity contribution in [1.82, 2.24) is 15.5 Å². The molecule has 1 heterocycles.